The highest BCUT2D eigenvalue weighted by atomic mass is 32.2. The fraction of sp³-hybridized carbons (Fsp3) is 1.00. The standard InChI is InChI=1S/C6H13OS/c1-8(2)6-4-3-5-7-6/h6H,3-5H2,1-2H3/q+1. The van der Waals surface area contributed by atoms with E-state index in [9.17, 15) is 0 Å². The third-order valence-corrected chi connectivity index (χ3v) is 2.84. The molecule has 1 saturated heterocycles. The van der Waals surface area contributed by atoms with Crippen molar-refractivity contribution in [1.82, 2.24) is 0 Å². The summed E-state index contributed by atoms with van der Waals surface area (Å²) in [7, 11) is 0.487. The first kappa shape index (κ1) is 6.43. The van der Waals surface area contributed by atoms with E-state index in [2.05, 4.69) is 12.5 Å². The van der Waals surface area contributed by atoms with E-state index >= 15 is 0 Å². The molecule has 1 atom stereocenters. The lowest BCUT2D eigenvalue weighted by atomic mass is 10.4. The van der Waals surface area contributed by atoms with Crippen LogP contribution in [-0.2, 0) is 15.6 Å². The molecule has 1 nitrogen and oxygen atoms in total. The van der Waals surface area contributed by atoms with Gasteiger partial charge in [0.15, 0.2) is 0 Å². The van der Waals surface area contributed by atoms with Crippen LogP contribution in [0.5, 0.6) is 0 Å². The minimum Gasteiger partial charge on any atom is -0.334 e. The maximum absolute atomic E-state index is 5.43. The maximum Gasteiger partial charge on any atom is 0.217 e. The van der Waals surface area contributed by atoms with E-state index in [4.69, 9.17) is 4.74 Å². The molecule has 0 aliphatic carbocycles. The highest BCUT2D eigenvalue weighted by molar-refractivity contribution is 7.95. The van der Waals surface area contributed by atoms with Crippen LogP contribution in [-0.4, -0.2) is 24.6 Å². The molecule has 1 aliphatic rings. The molecular weight excluding hydrogens is 120 g/mol. The second-order valence-electron chi connectivity index (χ2n) is 2.32. The van der Waals surface area contributed by atoms with E-state index in [1.165, 1.54) is 12.8 Å². The second kappa shape index (κ2) is 2.74. The van der Waals surface area contributed by atoms with E-state index in [0.717, 1.165) is 6.61 Å². The molecule has 0 saturated carbocycles. The molecule has 0 N–H and O–H groups in total. The summed E-state index contributed by atoms with van der Waals surface area (Å²) in [4.78, 5) is 0. The highest BCUT2D eigenvalue weighted by Gasteiger charge is 2.25. The van der Waals surface area contributed by atoms with Gasteiger partial charge in [-0.1, -0.05) is 0 Å². The zero-order chi connectivity index (χ0) is 5.98. The fourth-order valence-corrected chi connectivity index (χ4v) is 1.93. The highest BCUT2D eigenvalue weighted by Crippen LogP contribution is 2.16. The molecule has 1 unspecified atom stereocenters. The predicted octanol–water partition coefficient (Wildman–Crippen LogP) is 1.00. The lowest BCUT2D eigenvalue weighted by Crippen LogP contribution is -2.16. The SMILES string of the molecule is C[S+](C)C1CCCO1. The average Bonchev–Trinajstić information content (AvgIpc) is 2.12. The summed E-state index contributed by atoms with van der Waals surface area (Å²) in [6.45, 7) is 0.996. The van der Waals surface area contributed by atoms with Gasteiger partial charge in [-0.25, -0.2) is 0 Å². The number of hydrogen-bond donors (Lipinski definition) is 0. The molecule has 1 heterocycles. The van der Waals surface area contributed by atoms with Gasteiger partial charge >= 0.3 is 0 Å². The van der Waals surface area contributed by atoms with Crippen molar-refractivity contribution in [2.24, 2.45) is 0 Å². The van der Waals surface area contributed by atoms with E-state index in [1.807, 2.05) is 0 Å². The molecule has 0 bridgehead atoms. The number of hydrogen-bond acceptors (Lipinski definition) is 1. The lowest BCUT2D eigenvalue weighted by Gasteiger charge is -2.02. The first-order chi connectivity index (χ1) is 3.80. The third-order valence-electron chi connectivity index (χ3n) is 1.41. The monoisotopic (exact) mass is 133 g/mol. The van der Waals surface area contributed by atoms with Crippen molar-refractivity contribution in [2.45, 2.75) is 18.3 Å². The van der Waals surface area contributed by atoms with Crippen molar-refractivity contribution in [2.75, 3.05) is 19.1 Å². The summed E-state index contributed by atoms with van der Waals surface area (Å²) >= 11 is 0. The topological polar surface area (TPSA) is 9.23 Å². The molecule has 1 rings (SSSR count). The van der Waals surface area contributed by atoms with Gasteiger partial charge in [0.05, 0.1) is 19.1 Å². The van der Waals surface area contributed by atoms with Crippen LogP contribution in [0.25, 0.3) is 0 Å². The minimum absolute atomic E-state index is 0.487. The Labute approximate surface area is 53.8 Å². The van der Waals surface area contributed by atoms with Gasteiger partial charge in [0, 0.05) is 17.3 Å². The zero-order valence-corrected chi connectivity index (χ0v) is 6.33. The Morgan fingerprint density at radius 2 is 2.25 bits per heavy atom. The summed E-state index contributed by atoms with van der Waals surface area (Å²) < 4.78 is 5.43. The molecular formula is C6H13OS+. The fourth-order valence-electron chi connectivity index (χ4n) is 0.920. The largest absolute Gasteiger partial charge is 0.334 e. The Kier molecular flexibility index (Phi) is 2.20. The van der Waals surface area contributed by atoms with Gasteiger partial charge in [-0.15, -0.1) is 0 Å². The third kappa shape index (κ3) is 1.39. The Balaban J connectivity index is 2.24. The van der Waals surface area contributed by atoms with Gasteiger partial charge in [-0.05, 0) is 6.42 Å². The molecule has 0 radical (unpaired) electrons. The van der Waals surface area contributed by atoms with Crippen molar-refractivity contribution in [3.05, 3.63) is 0 Å². The van der Waals surface area contributed by atoms with Crippen LogP contribution in [0.2, 0.25) is 0 Å². The Bertz CT molecular complexity index is 66.9. The molecule has 0 aromatic heterocycles. The van der Waals surface area contributed by atoms with Crippen molar-refractivity contribution in [1.29, 1.82) is 0 Å². The van der Waals surface area contributed by atoms with Crippen LogP contribution >= 0.6 is 0 Å². The van der Waals surface area contributed by atoms with Crippen molar-refractivity contribution in [3.63, 3.8) is 0 Å². The summed E-state index contributed by atoms with van der Waals surface area (Å²) in [6.07, 6.45) is 7.05. The zero-order valence-electron chi connectivity index (χ0n) is 5.52. The van der Waals surface area contributed by atoms with E-state index < -0.39 is 0 Å². The Hall–Kier alpha value is 0.310. The van der Waals surface area contributed by atoms with Crippen molar-refractivity contribution >= 4 is 10.9 Å². The van der Waals surface area contributed by atoms with Gasteiger partial charge in [-0.2, -0.15) is 0 Å². The van der Waals surface area contributed by atoms with Crippen LogP contribution in [0, 0.1) is 0 Å². The number of rotatable bonds is 1. The van der Waals surface area contributed by atoms with Crippen LogP contribution in [0.15, 0.2) is 0 Å². The summed E-state index contributed by atoms with van der Waals surface area (Å²) in [5.74, 6) is 0. The predicted molar refractivity (Wildman–Crippen MR) is 38.2 cm³/mol. The van der Waals surface area contributed by atoms with Gasteiger partial charge in [-0.3, -0.25) is 0 Å². The molecule has 48 valence electrons. The van der Waals surface area contributed by atoms with Gasteiger partial charge in [0.2, 0.25) is 5.44 Å². The van der Waals surface area contributed by atoms with Gasteiger partial charge in [0.25, 0.3) is 0 Å². The van der Waals surface area contributed by atoms with E-state index in [1.54, 1.807) is 0 Å². The maximum atomic E-state index is 5.43. The molecule has 0 amide bonds. The van der Waals surface area contributed by atoms with Gasteiger partial charge in [0.1, 0.15) is 0 Å². The van der Waals surface area contributed by atoms with Crippen LogP contribution in [0.4, 0.5) is 0 Å². The average molecular weight is 133 g/mol. The summed E-state index contributed by atoms with van der Waals surface area (Å²) in [5.41, 5.74) is 0.593. The van der Waals surface area contributed by atoms with Crippen LogP contribution < -0.4 is 0 Å². The second-order valence-corrected chi connectivity index (χ2v) is 4.61. The normalized spacial score (nSPS) is 29.6. The van der Waals surface area contributed by atoms with Crippen LogP contribution in [0.1, 0.15) is 12.8 Å². The minimum atomic E-state index is 0.487. The first-order valence-corrected chi connectivity index (χ1v) is 5.09. The molecule has 0 aromatic carbocycles. The van der Waals surface area contributed by atoms with E-state index in [-0.39, 0.29) is 0 Å². The number of ether oxygens (including phenoxy) is 1. The van der Waals surface area contributed by atoms with Gasteiger partial charge < -0.3 is 4.74 Å². The molecule has 1 fully saturated rings. The summed E-state index contributed by atoms with van der Waals surface area (Å²) in [6, 6.07) is 0. The van der Waals surface area contributed by atoms with Crippen LogP contribution in [0.3, 0.4) is 0 Å². The van der Waals surface area contributed by atoms with Crippen molar-refractivity contribution < 1.29 is 4.74 Å². The summed E-state index contributed by atoms with van der Waals surface area (Å²) in [5, 5.41) is 0. The smallest absolute Gasteiger partial charge is 0.217 e. The molecule has 8 heavy (non-hydrogen) atoms. The van der Waals surface area contributed by atoms with E-state index in [0.29, 0.717) is 16.3 Å². The molecule has 2 heteroatoms. The molecule has 1 aliphatic heterocycles. The Morgan fingerprint density at radius 1 is 1.50 bits per heavy atom. The molecule has 0 spiro atoms. The quantitative estimate of drug-likeness (QED) is 0.485. The Morgan fingerprint density at radius 3 is 2.50 bits per heavy atom. The van der Waals surface area contributed by atoms with Crippen molar-refractivity contribution in [3.8, 4) is 0 Å². The lowest BCUT2D eigenvalue weighted by molar-refractivity contribution is 0.172. The first-order valence-electron chi connectivity index (χ1n) is 2.98. The molecule has 0 aromatic rings.